The summed E-state index contributed by atoms with van der Waals surface area (Å²) < 4.78 is 0. The van der Waals surface area contributed by atoms with E-state index in [1.54, 1.807) is 30.3 Å². The molecule has 1 fully saturated rings. The Kier molecular flexibility index (Phi) is 29.7. The summed E-state index contributed by atoms with van der Waals surface area (Å²) in [6.45, 7) is -3.58. The van der Waals surface area contributed by atoms with Crippen molar-refractivity contribution in [3.05, 3.63) is 54.1 Å². The average molecular weight is 1170 g/mol. The number of aromatic nitrogens is 2. The summed E-state index contributed by atoms with van der Waals surface area (Å²) in [7, 11) is 0. The Morgan fingerprint density at radius 1 is 0.602 bits per heavy atom. The molecular weight excluding hydrogens is 1100 g/mol. The van der Waals surface area contributed by atoms with Crippen LogP contribution in [0.25, 0.3) is 0 Å². The third-order valence-corrected chi connectivity index (χ3v) is 13.6. The minimum absolute atomic E-state index is 0.0109. The van der Waals surface area contributed by atoms with Crippen LogP contribution in [-0.4, -0.2) is 248 Å². The summed E-state index contributed by atoms with van der Waals surface area (Å²) in [4.78, 5) is 177. The molecular formula is C52H71N10O21-3. The van der Waals surface area contributed by atoms with Crippen LogP contribution in [0.15, 0.2) is 42.9 Å². The van der Waals surface area contributed by atoms with Gasteiger partial charge < -0.3 is 81.5 Å². The first kappa shape index (κ1) is 69.2. The number of rotatable bonds is 36. The Morgan fingerprint density at radius 3 is 1.57 bits per heavy atom. The maximum atomic E-state index is 13.9. The van der Waals surface area contributed by atoms with Crippen molar-refractivity contribution in [1.82, 2.24) is 50.8 Å². The lowest BCUT2D eigenvalue weighted by molar-refractivity contribution is -0.308. The lowest BCUT2D eigenvalue weighted by atomic mass is 9.90. The molecule has 0 radical (unpaired) electrons. The minimum atomic E-state index is -1.70. The fraction of sp³-hybridized carbons (Fsp3) is 0.577. The van der Waals surface area contributed by atoms with Crippen molar-refractivity contribution < 1.29 is 103 Å². The molecule has 1 aliphatic rings. The van der Waals surface area contributed by atoms with Gasteiger partial charge in [0.25, 0.3) is 0 Å². The van der Waals surface area contributed by atoms with Gasteiger partial charge in [-0.05, 0) is 25.3 Å². The predicted molar refractivity (Wildman–Crippen MR) is 277 cm³/mol. The zero-order chi connectivity index (χ0) is 61.8. The number of nitrogens with one attached hydrogen (secondary N) is 5. The molecule has 1 aliphatic heterocycles. The lowest BCUT2D eigenvalue weighted by Gasteiger charge is -2.36. The van der Waals surface area contributed by atoms with Gasteiger partial charge in [-0.25, -0.2) is 9.78 Å². The molecule has 10 N–H and O–H groups in total. The van der Waals surface area contributed by atoms with Crippen molar-refractivity contribution in [2.75, 3.05) is 91.8 Å². The molecule has 3 rings (SSSR count). The molecule has 2 heterocycles. The van der Waals surface area contributed by atoms with Crippen molar-refractivity contribution in [2.45, 2.75) is 82.5 Å². The van der Waals surface area contributed by atoms with Gasteiger partial charge in [0.05, 0.1) is 68.3 Å². The van der Waals surface area contributed by atoms with Crippen LogP contribution in [0.1, 0.15) is 56.7 Å². The molecule has 2 aromatic rings. The number of H-pyrrole nitrogens is 1. The first-order chi connectivity index (χ1) is 39.3. The molecule has 31 nitrogen and oxygen atoms in total. The number of imidazole rings is 1. The van der Waals surface area contributed by atoms with E-state index in [4.69, 9.17) is 0 Å². The number of benzene rings is 1. The van der Waals surface area contributed by atoms with Crippen molar-refractivity contribution >= 4 is 76.8 Å². The SMILES string of the molecule is C[C@H](NC(=O)[C@H](CC(=O)O)CC(=O)CNC(=O)CCC(C(=O)O)N1CCN(CC(=O)[O-])CCN(CC(=O)[O-])CCN(CC(=O)[O-])CC1)C(=O)C[C@@H](Cc1cnc[nH]1)C(=O)N[C@@H](CO)C(=O)C[C@@H](Cc1ccccc1)C(=O)N[C@@H](CO)C(=O)O. The fourth-order valence-corrected chi connectivity index (χ4v) is 9.00. The van der Waals surface area contributed by atoms with E-state index in [0.717, 1.165) is 0 Å². The quantitative estimate of drug-likeness (QED) is 0.0303. The Hall–Kier alpha value is -8.10. The number of amides is 4. The van der Waals surface area contributed by atoms with Crippen molar-refractivity contribution in [2.24, 2.45) is 17.8 Å². The first-order valence-electron chi connectivity index (χ1n) is 26.4. The first-order valence-corrected chi connectivity index (χ1v) is 26.4. The van der Waals surface area contributed by atoms with Gasteiger partial charge in [0.15, 0.2) is 17.3 Å². The summed E-state index contributed by atoms with van der Waals surface area (Å²) in [6, 6.07) is 2.13. The van der Waals surface area contributed by atoms with Crippen LogP contribution in [0.3, 0.4) is 0 Å². The zero-order valence-corrected chi connectivity index (χ0v) is 45.6. The highest BCUT2D eigenvalue weighted by molar-refractivity contribution is 5.97. The molecule has 7 atom stereocenters. The molecule has 1 saturated heterocycles. The maximum absolute atomic E-state index is 13.9. The normalized spacial score (nSPS) is 16.6. The molecule has 0 bridgehead atoms. The van der Waals surface area contributed by atoms with Crippen molar-refractivity contribution in [3.8, 4) is 0 Å². The zero-order valence-electron chi connectivity index (χ0n) is 45.6. The van der Waals surface area contributed by atoms with Gasteiger partial charge >= 0.3 is 17.9 Å². The van der Waals surface area contributed by atoms with Crippen LogP contribution in [0.2, 0.25) is 0 Å². The van der Waals surface area contributed by atoms with Crippen molar-refractivity contribution in [1.29, 1.82) is 0 Å². The van der Waals surface area contributed by atoms with Crippen LogP contribution in [0, 0.1) is 17.8 Å². The number of aliphatic carboxylic acids is 6. The van der Waals surface area contributed by atoms with Gasteiger partial charge in [-0.1, -0.05) is 30.3 Å². The molecule has 83 heavy (non-hydrogen) atoms. The second kappa shape index (κ2) is 35.7. The Balaban J connectivity index is 1.68. The molecule has 458 valence electrons. The molecule has 1 aromatic heterocycles. The number of carboxylic acid groups (broad SMARTS) is 6. The molecule has 1 unspecified atom stereocenters. The van der Waals surface area contributed by atoms with E-state index < -0.39 is 190 Å². The summed E-state index contributed by atoms with van der Waals surface area (Å²) in [6.07, 6.45) is -1.47. The Morgan fingerprint density at radius 2 is 1.10 bits per heavy atom. The highest BCUT2D eigenvalue weighted by Crippen LogP contribution is 2.19. The van der Waals surface area contributed by atoms with E-state index in [0.29, 0.717) is 11.3 Å². The van der Waals surface area contributed by atoms with Crippen LogP contribution < -0.4 is 36.6 Å². The van der Waals surface area contributed by atoms with Gasteiger partial charge in [0.1, 0.15) is 18.1 Å². The number of Topliss-reactive ketones (excluding diaryl/α,β-unsaturated/α-hetero) is 3. The fourth-order valence-electron chi connectivity index (χ4n) is 9.00. The number of nitrogens with zero attached hydrogens (tertiary/aromatic N) is 5. The highest BCUT2D eigenvalue weighted by Gasteiger charge is 2.35. The number of aliphatic hydroxyl groups is 2. The van der Waals surface area contributed by atoms with E-state index in [1.807, 2.05) is 0 Å². The number of carbonyl (C=O) groups excluding carboxylic acids is 10. The Labute approximate surface area is 475 Å². The standard InChI is InChI=1S/C52H74N10O21/c1-31(41(66)20-34(18-36-23-53-30-55-36)50(79)57-38(28-63)42(67)21-33(17-32-5-3-2-4-6-32)49(78)58-39(29-64)51(80)81)56-48(77)35(22-44(69)70)19-37(65)24-54-43(68)8-7-40(52(82)83)62-15-13-60(26-46(73)74)11-9-59(25-45(71)72)10-12-61(14-16-62)27-47(75)76/h2-6,23,30-31,33-35,38-40,63-64H,7-22,24-29H2,1H3,(H,53,55)(H,54,68)(H,56,77)(H,57,79)(H,58,78)(H,69,70)(H,71,72)(H,73,74)(H,75,76)(H,80,81)(H,82,83)/p-3/t31-,33+,34+,35-,38-,39-,40?/m0/s1. The lowest BCUT2D eigenvalue weighted by Crippen LogP contribution is -2.53. The molecule has 0 spiro atoms. The number of aromatic amines is 1. The third kappa shape index (κ3) is 26.1. The average Bonchev–Trinajstić information content (AvgIpc) is 4.13. The molecule has 4 amide bonds. The summed E-state index contributed by atoms with van der Waals surface area (Å²) in [5.74, 6) is -19.2. The van der Waals surface area contributed by atoms with Crippen LogP contribution in [0.4, 0.5) is 0 Å². The second-order valence-electron chi connectivity index (χ2n) is 19.9. The van der Waals surface area contributed by atoms with E-state index in [1.165, 1.54) is 39.0 Å². The summed E-state index contributed by atoms with van der Waals surface area (Å²) in [5.41, 5.74) is 0.920. The monoisotopic (exact) mass is 1170 g/mol. The van der Waals surface area contributed by atoms with Crippen molar-refractivity contribution in [3.63, 3.8) is 0 Å². The van der Waals surface area contributed by atoms with Gasteiger partial charge in [-0.2, -0.15) is 0 Å². The molecule has 1 aromatic carbocycles. The smallest absolute Gasteiger partial charge is 0.328 e. The van der Waals surface area contributed by atoms with E-state index in [-0.39, 0.29) is 71.6 Å². The van der Waals surface area contributed by atoms with E-state index in [9.17, 15) is 103 Å². The largest absolute Gasteiger partial charge is 0.549 e. The minimum Gasteiger partial charge on any atom is -0.549 e. The van der Waals surface area contributed by atoms with Crippen LogP contribution >= 0.6 is 0 Å². The number of carbonyl (C=O) groups is 13. The van der Waals surface area contributed by atoms with Gasteiger partial charge in [-0.15, -0.1) is 0 Å². The maximum Gasteiger partial charge on any atom is 0.328 e. The van der Waals surface area contributed by atoms with Crippen LogP contribution in [-0.2, 0) is 75.2 Å². The predicted octanol–water partition coefficient (Wildman–Crippen LogP) is -8.24. The van der Waals surface area contributed by atoms with E-state index in [2.05, 4.69) is 31.2 Å². The number of hydrogen-bond acceptors (Lipinski definition) is 23. The van der Waals surface area contributed by atoms with E-state index >= 15 is 0 Å². The topological polar surface area (TPSA) is 482 Å². The second-order valence-corrected chi connectivity index (χ2v) is 19.9. The Bertz CT molecular complexity index is 2520. The van der Waals surface area contributed by atoms with Gasteiger partial charge in [-0.3, -0.25) is 62.8 Å². The summed E-state index contributed by atoms with van der Waals surface area (Å²) in [5, 5.41) is 92.8. The molecule has 0 aliphatic carbocycles. The number of hydrogen-bond donors (Lipinski definition) is 10. The number of ketones is 3. The molecule has 0 saturated carbocycles. The third-order valence-electron chi connectivity index (χ3n) is 13.6. The van der Waals surface area contributed by atoms with Crippen LogP contribution in [0.5, 0.6) is 0 Å². The van der Waals surface area contributed by atoms with Gasteiger partial charge in [0.2, 0.25) is 23.6 Å². The number of carboxylic acids is 6. The number of aliphatic hydroxyl groups excluding tert-OH is 2. The highest BCUT2D eigenvalue weighted by atomic mass is 16.4. The van der Waals surface area contributed by atoms with Gasteiger partial charge in [0, 0.05) is 122 Å². The summed E-state index contributed by atoms with van der Waals surface area (Å²) >= 11 is 0. The molecule has 31 heteroatoms.